The zero-order valence-electron chi connectivity index (χ0n) is 6.37. The number of hydrogen-bond donors (Lipinski definition) is 0. The Bertz CT molecular complexity index is 97.4. The Kier molecular flexibility index (Phi) is 6.45. The van der Waals surface area contributed by atoms with E-state index in [9.17, 15) is 8.78 Å². The second-order valence-electron chi connectivity index (χ2n) is 2.23. The number of alkyl halides is 1. The van der Waals surface area contributed by atoms with Crippen LogP contribution in [0.5, 0.6) is 0 Å². The van der Waals surface area contributed by atoms with Crippen LogP contribution in [-0.2, 0) is 0 Å². The summed E-state index contributed by atoms with van der Waals surface area (Å²) in [5.74, 6) is -0.309. The second-order valence-corrected chi connectivity index (χ2v) is 2.23. The van der Waals surface area contributed by atoms with E-state index in [1.807, 2.05) is 6.92 Å². The molecule has 0 aromatic rings. The van der Waals surface area contributed by atoms with E-state index in [2.05, 4.69) is 0 Å². The highest BCUT2D eigenvalue weighted by molar-refractivity contribution is 4.90. The SMILES string of the molecule is CCCC/C=C(/F)CCF. The standard InChI is InChI=1S/C8H14F2/c1-2-3-4-5-8(10)6-7-9/h5H,2-4,6-7H2,1H3/b8-5+. The number of halogens is 2. The molecule has 60 valence electrons. The van der Waals surface area contributed by atoms with Crippen LogP contribution >= 0.6 is 0 Å². The molecule has 0 fully saturated rings. The fourth-order valence-corrected chi connectivity index (χ4v) is 0.655. The lowest BCUT2D eigenvalue weighted by Gasteiger charge is -1.91. The van der Waals surface area contributed by atoms with Gasteiger partial charge >= 0.3 is 0 Å². The molecule has 0 rings (SSSR count). The van der Waals surface area contributed by atoms with Crippen molar-refractivity contribution in [2.24, 2.45) is 0 Å². The number of hydrogen-bond acceptors (Lipinski definition) is 0. The second kappa shape index (κ2) is 6.72. The first-order valence-corrected chi connectivity index (χ1v) is 3.71. The normalized spacial score (nSPS) is 12.1. The van der Waals surface area contributed by atoms with E-state index in [0.717, 1.165) is 19.3 Å². The van der Waals surface area contributed by atoms with Gasteiger partial charge in [-0.2, -0.15) is 0 Å². The number of unbranched alkanes of at least 4 members (excludes halogenated alkanes) is 2. The van der Waals surface area contributed by atoms with Crippen molar-refractivity contribution in [2.45, 2.75) is 32.6 Å². The van der Waals surface area contributed by atoms with Crippen LogP contribution in [0.15, 0.2) is 11.9 Å². The van der Waals surface area contributed by atoms with Crippen LogP contribution in [0.3, 0.4) is 0 Å². The fraction of sp³-hybridized carbons (Fsp3) is 0.750. The molecule has 0 bridgehead atoms. The number of allylic oxidation sites excluding steroid dienone is 2. The molecule has 0 aliphatic carbocycles. The van der Waals surface area contributed by atoms with Crippen LogP contribution in [-0.4, -0.2) is 6.67 Å². The molecule has 0 radical (unpaired) electrons. The lowest BCUT2D eigenvalue weighted by Crippen LogP contribution is -1.77. The molecule has 10 heavy (non-hydrogen) atoms. The highest BCUT2D eigenvalue weighted by Gasteiger charge is 1.91. The maximum Gasteiger partial charge on any atom is 0.0985 e. The molecule has 0 spiro atoms. The molecule has 2 heteroatoms. The molecule has 0 saturated carbocycles. The fourth-order valence-electron chi connectivity index (χ4n) is 0.655. The molecule has 0 nitrogen and oxygen atoms in total. The molecular weight excluding hydrogens is 134 g/mol. The van der Waals surface area contributed by atoms with Crippen molar-refractivity contribution in [1.82, 2.24) is 0 Å². The Morgan fingerprint density at radius 3 is 2.70 bits per heavy atom. The summed E-state index contributed by atoms with van der Waals surface area (Å²) in [6.45, 7) is 1.45. The number of rotatable bonds is 5. The average molecular weight is 148 g/mol. The predicted octanol–water partition coefficient (Wildman–Crippen LogP) is 3.39. The van der Waals surface area contributed by atoms with Crippen molar-refractivity contribution in [2.75, 3.05) is 6.67 Å². The predicted molar refractivity (Wildman–Crippen MR) is 39.3 cm³/mol. The van der Waals surface area contributed by atoms with E-state index in [1.165, 1.54) is 6.08 Å². The Morgan fingerprint density at radius 2 is 2.20 bits per heavy atom. The van der Waals surface area contributed by atoms with Gasteiger partial charge in [0.15, 0.2) is 0 Å². The van der Waals surface area contributed by atoms with Gasteiger partial charge < -0.3 is 0 Å². The van der Waals surface area contributed by atoms with Gasteiger partial charge in [-0.15, -0.1) is 0 Å². The summed E-state index contributed by atoms with van der Waals surface area (Å²) < 4.78 is 23.8. The van der Waals surface area contributed by atoms with Gasteiger partial charge in [0.05, 0.1) is 12.5 Å². The Morgan fingerprint density at radius 1 is 1.50 bits per heavy atom. The van der Waals surface area contributed by atoms with Crippen molar-refractivity contribution >= 4 is 0 Å². The maximum atomic E-state index is 12.3. The lowest BCUT2D eigenvalue weighted by molar-refractivity contribution is 0.454. The van der Waals surface area contributed by atoms with E-state index < -0.39 is 6.67 Å². The summed E-state index contributed by atoms with van der Waals surface area (Å²) in [4.78, 5) is 0. The topological polar surface area (TPSA) is 0 Å². The summed E-state index contributed by atoms with van der Waals surface area (Å²) in [5, 5.41) is 0. The molecule has 0 aromatic carbocycles. The lowest BCUT2D eigenvalue weighted by atomic mass is 10.2. The molecule has 0 aromatic heterocycles. The summed E-state index contributed by atoms with van der Waals surface area (Å²) in [6, 6.07) is 0. The van der Waals surface area contributed by atoms with Gasteiger partial charge in [-0.1, -0.05) is 19.4 Å². The molecular formula is C8H14F2. The van der Waals surface area contributed by atoms with Crippen molar-refractivity contribution < 1.29 is 8.78 Å². The third-order valence-corrected chi connectivity index (χ3v) is 1.26. The van der Waals surface area contributed by atoms with Crippen LogP contribution in [0.2, 0.25) is 0 Å². The van der Waals surface area contributed by atoms with Crippen molar-refractivity contribution in [1.29, 1.82) is 0 Å². The van der Waals surface area contributed by atoms with Crippen molar-refractivity contribution in [3.8, 4) is 0 Å². The van der Waals surface area contributed by atoms with Crippen LogP contribution in [0.25, 0.3) is 0 Å². The van der Waals surface area contributed by atoms with Crippen LogP contribution < -0.4 is 0 Å². The molecule has 0 aliphatic rings. The Labute approximate surface area is 60.9 Å². The maximum absolute atomic E-state index is 12.3. The Balaban J connectivity index is 3.28. The van der Waals surface area contributed by atoms with E-state index >= 15 is 0 Å². The molecule has 0 amide bonds. The third kappa shape index (κ3) is 5.73. The van der Waals surface area contributed by atoms with Gasteiger partial charge in [-0.3, -0.25) is 4.39 Å². The molecule has 0 aliphatic heterocycles. The highest BCUT2D eigenvalue weighted by Crippen LogP contribution is 2.06. The largest absolute Gasteiger partial charge is 0.251 e. The minimum Gasteiger partial charge on any atom is -0.251 e. The highest BCUT2D eigenvalue weighted by atomic mass is 19.1. The molecule has 0 unspecified atom stereocenters. The van der Waals surface area contributed by atoms with Crippen molar-refractivity contribution in [3.63, 3.8) is 0 Å². The minimum atomic E-state index is -0.589. The summed E-state index contributed by atoms with van der Waals surface area (Å²) in [6.07, 6.45) is 4.20. The zero-order valence-corrected chi connectivity index (χ0v) is 6.37. The minimum absolute atomic E-state index is 0.0519. The van der Waals surface area contributed by atoms with Gasteiger partial charge in [0, 0.05) is 6.42 Å². The smallest absolute Gasteiger partial charge is 0.0985 e. The van der Waals surface area contributed by atoms with Gasteiger partial charge in [-0.05, 0) is 12.8 Å². The van der Waals surface area contributed by atoms with Crippen LogP contribution in [0, 0.1) is 0 Å². The van der Waals surface area contributed by atoms with Crippen LogP contribution in [0.1, 0.15) is 32.6 Å². The first-order valence-electron chi connectivity index (χ1n) is 3.71. The van der Waals surface area contributed by atoms with Crippen LogP contribution in [0.4, 0.5) is 8.78 Å². The van der Waals surface area contributed by atoms with Gasteiger partial charge in [-0.25, -0.2) is 4.39 Å². The first-order chi connectivity index (χ1) is 4.81. The van der Waals surface area contributed by atoms with E-state index in [0.29, 0.717) is 0 Å². The Hall–Kier alpha value is -0.400. The quantitative estimate of drug-likeness (QED) is 0.524. The average Bonchev–Trinajstić information content (AvgIpc) is 1.89. The summed E-state index contributed by atoms with van der Waals surface area (Å²) in [7, 11) is 0. The molecule has 0 saturated heterocycles. The third-order valence-electron chi connectivity index (χ3n) is 1.26. The van der Waals surface area contributed by atoms with Gasteiger partial charge in [0.1, 0.15) is 0 Å². The van der Waals surface area contributed by atoms with E-state index in [-0.39, 0.29) is 12.2 Å². The first kappa shape index (κ1) is 9.60. The monoisotopic (exact) mass is 148 g/mol. The molecule has 0 N–H and O–H groups in total. The summed E-state index contributed by atoms with van der Waals surface area (Å²) >= 11 is 0. The zero-order chi connectivity index (χ0) is 7.82. The van der Waals surface area contributed by atoms with Gasteiger partial charge in [0.25, 0.3) is 0 Å². The van der Waals surface area contributed by atoms with E-state index in [1.54, 1.807) is 0 Å². The molecule has 0 atom stereocenters. The summed E-state index contributed by atoms with van der Waals surface area (Å²) in [5.41, 5.74) is 0. The molecule has 0 heterocycles. The van der Waals surface area contributed by atoms with Crippen molar-refractivity contribution in [3.05, 3.63) is 11.9 Å². The van der Waals surface area contributed by atoms with E-state index in [4.69, 9.17) is 0 Å². The van der Waals surface area contributed by atoms with Gasteiger partial charge in [0.2, 0.25) is 0 Å².